The van der Waals surface area contributed by atoms with Crippen LogP contribution in [0.4, 0.5) is 0 Å². The number of H-pyrrole nitrogens is 1. The molecule has 1 aliphatic heterocycles. The minimum Gasteiger partial charge on any atom is -0.347 e. The van der Waals surface area contributed by atoms with Gasteiger partial charge in [0.05, 0.1) is 41.8 Å². The van der Waals surface area contributed by atoms with Gasteiger partial charge in [-0.3, -0.25) is 9.48 Å². The maximum absolute atomic E-state index is 12.9. The molecule has 1 atom stereocenters. The van der Waals surface area contributed by atoms with Crippen molar-refractivity contribution in [3.63, 3.8) is 0 Å². The molecule has 3 heterocycles. The highest BCUT2D eigenvalue weighted by Gasteiger charge is 2.32. The Morgan fingerprint density at radius 3 is 2.68 bits per heavy atom. The van der Waals surface area contributed by atoms with Gasteiger partial charge in [-0.2, -0.15) is 5.10 Å². The summed E-state index contributed by atoms with van der Waals surface area (Å²) in [4.78, 5) is 22.6. The third-order valence-corrected chi connectivity index (χ3v) is 6.15. The summed E-state index contributed by atoms with van der Waals surface area (Å²) in [5, 5.41) is 4.24. The molecule has 1 aliphatic rings. The minimum atomic E-state index is -3.25. The lowest BCUT2D eigenvalue weighted by atomic mass is 9.93. The summed E-state index contributed by atoms with van der Waals surface area (Å²) in [5.74, 6) is -0.0403. The van der Waals surface area contributed by atoms with Crippen molar-refractivity contribution in [2.45, 2.75) is 23.8 Å². The van der Waals surface area contributed by atoms with Crippen LogP contribution in [0.1, 0.15) is 28.4 Å². The van der Waals surface area contributed by atoms with Crippen molar-refractivity contribution < 1.29 is 13.2 Å². The van der Waals surface area contributed by atoms with Crippen LogP contribution < -0.4 is 0 Å². The highest BCUT2D eigenvalue weighted by atomic mass is 32.2. The summed E-state index contributed by atoms with van der Waals surface area (Å²) in [6.07, 6.45) is 6.79. The Balaban J connectivity index is 1.53. The molecule has 0 aliphatic carbocycles. The maximum Gasteiger partial charge on any atom is 0.227 e. The monoisotopic (exact) mass is 399 g/mol. The van der Waals surface area contributed by atoms with Gasteiger partial charge in [-0.05, 0) is 17.7 Å². The van der Waals surface area contributed by atoms with Gasteiger partial charge in [-0.15, -0.1) is 0 Å². The highest BCUT2D eigenvalue weighted by Crippen LogP contribution is 2.31. The van der Waals surface area contributed by atoms with Crippen LogP contribution in [0.5, 0.6) is 0 Å². The number of benzene rings is 1. The molecule has 1 amide bonds. The molecule has 4 rings (SSSR count). The summed E-state index contributed by atoms with van der Waals surface area (Å²) >= 11 is 0. The molecule has 0 saturated carbocycles. The first-order valence-corrected chi connectivity index (χ1v) is 10.8. The molecule has 0 fully saturated rings. The number of nitrogens with one attached hydrogen (secondary N) is 1. The van der Waals surface area contributed by atoms with E-state index in [0.29, 0.717) is 13.1 Å². The van der Waals surface area contributed by atoms with E-state index in [2.05, 4.69) is 15.1 Å². The van der Waals surface area contributed by atoms with Crippen LogP contribution in [0.15, 0.2) is 47.9 Å². The van der Waals surface area contributed by atoms with Crippen molar-refractivity contribution in [1.29, 1.82) is 0 Å². The number of rotatable bonds is 4. The number of carbonyl (C=O) groups excluding carboxylic acids is 1. The van der Waals surface area contributed by atoms with Crippen molar-refractivity contribution in [3.05, 3.63) is 65.5 Å². The Morgan fingerprint density at radius 1 is 1.29 bits per heavy atom. The third kappa shape index (κ3) is 3.57. The molecule has 8 nitrogen and oxygen atoms in total. The number of aromatic nitrogens is 4. The first-order valence-electron chi connectivity index (χ1n) is 8.88. The zero-order valence-corrected chi connectivity index (χ0v) is 16.5. The van der Waals surface area contributed by atoms with Gasteiger partial charge in [0.15, 0.2) is 9.84 Å². The second kappa shape index (κ2) is 6.90. The van der Waals surface area contributed by atoms with E-state index in [0.717, 1.165) is 22.5 Å². The summed E-state index contributed by atoms with van der Waals surface area (Å²) < 4.78 is 24.9. The molecule has 9 heteroatoms. The first-order chi connectivity index (χ1) is 13.3. The normalized spacial score (nSPS) is 16.8. The maximum atomic E-state index is 12.9. The van der Waals surface area contributed by atoms with E-state index in [9.17, 15) is 13.2 Å². The molecule has 1 unspecified atom stereocenters. The number of amides is 1. The largest absolute Gasteiger partial charge is 0.347 e. The predicted octanol–water partition coefficient (Wildman–Crippen LogP) is 1.26. The zero-order valence-electron chi connectivity index (χ0n) is 15.7. The van der Waals surface area contributed by atoms with Crippen molar-refractivity contribution in [2.24, 2.45) is 7.05 Å². The quantitative estimate of drug-likeness (QED) is 0.712. The summed E-state index contributed by atoms with van der Waals surface area (Å²) in [7, 11) is -1.38. The van der Waals surface area contributed by atoms with E-state index in [-0.39, 0.29) is 23.1 Å². The van der Waals surface area contributed by atoms with Crippen LogP contribution >= 0.6 is 0 Å². The number of sulfone groups is 1. The number of imidazole rings is 1. The third-order valence-electron chi connectivity index (χ3n) is 5.02. The molecule has 146 valence electrons. The van der Waals surface area contributed by atoms with E-state index >= 15 is 0 Å². The van der Waals surface area contributed by atoms with Crippen LogP contribution in [0.2, 0.25) is 0 Å². The molecular formula is C19H21N5O3S. The smallest absolute Gasteiger partial charge is 0.227 e. The number of fused-ring (bicyclic) bond motifs is 1. The molecule has 3 aromatic rings. The number of nitrogens with zero attached hydrogens (tertiary/aromatic N) is 4. The lowest BCUT2D eigenvalue weighted by Crippen LogP contribution is -2.39. The molecule has 1 N–H and O–H groups in total. The topological polar surface area (TPSA) is 101 Å². The van der Waals surface area contributed by atoms with Gasteiger partial charge in [0, 0.05) is 37.5 Å². The number of hydrogen-bond acceptors (Lipinski definition) is 5. The van der Waals surface area contributed by atoms with Crippen LogP contribution in [-0.4, -0.2) is 51.8 Å². The fourth-order valence-electron chi connectivity index (χ4n) is 3.54. The van der Waals surface area contributed by atoms with E-state index in [1.54, 1.807) is 41.5 Å². The highest BCUT2D eigenvalue weighted by molar-refractivity contribution is 7.90. The molecule has 0 saturated heterocycles. The summed E-state index contributed by atoms with van der Waals surface area (Å²) in [6.45, 7) is 1.01. The van der Waals surface area contributed by atoms with Crippen LogP contribution in [-0.2, 0) is 34.6 Å². The first kappa shape index (κ1) is 18.4. The van der Waals surface area contributed by atoms with Gasteiger partial charge in [0.2, 0.25) is 5.91 Å². The Labute approximate surface area is 163 Å². The molecule has 1 aromatic carbocycles. The Morgan fingerprint density at radius 2 is 2.04 bits per heavy atom. The fourth-order valence-corrected chi connectivity index (χ4v) is 4.17. The van der Waals surface area contributed by atoms with Crippen LogP contribution in [0.3, 0.4) is 0 Å². The van der Waals surface area contributed by atoms with Crippen molar-refractivity contribution in [3.8, 4) is 0 Å². The molecule has 0 radical (unpaired) electrons. The average Bonchev–Trinajstić information content (AvgIpc) is 3.29. The Hall–Kier alpha value is -2.94. The second-order valence-corrected chi connectivity index (χ2v) is 9.15. The SMILES string of the molecule is Cn1cc(C2CN(C(=O)Cc3ccc(S(C)(=O)=O)cc3)Cc3[nH]cnc32)cn1. The van der Waals surface area contributed by atoms with Crippen molar-refractivity contribution >= 4 is 15.7 Å². The van der Waals surface area contributed by atoms with E-state index in [1.807, 2.05) is 18.1 Å². The van der Waals surface area contributed by atoms with Gasteiger partial charge in [-0.25, -0.2) is 13.4 Å². The second-order valence-electron chi connectivity index (χ2n) is 7.13. The van der Waals surface area contributed by atoms with Gasteiger partial charge in [0.25, 0.3) is 0 Å². The summed E-state index contributed by atoms with van der Waals surface area (Å²) in [6, 6.07) is 6.47. The number of aromatic amines is 1. The van der Waals surface area contributed by atoms with E-state index in [1.165, 1.54) is 6.26 Å². The van der Waals surface area contributed by atoms with E-state index < -0.39 is 9.84 Å². The number of aryl methyl sites for hydroxylation is 1. The standard InChI is InChI=1S/C19H21N5O3S/c1-23-9-14(8-22-23)16-10-24(11-17-19(16)21-12-20-17)18(25)7-13-3-5-15(6-4-13)28(2,26)27/h3-6,8-9,12,16H,7,10-11H2,1-2H3,(H,20,21). The lowest BCUT2D eigenvalue weighted by molar-refractivity contribution is -0.131. The Kier molecular flexibility index (Phi) is 4.54. The number of hydrogen-bond donors (Lipinski definition) is 1. The van der Waals surface area contributed by atoms with Gasteiger partial charge in [-0.1, -0.05) is 12.1 Å². The minimum absolute atomic E-state index is 0.0127. The fraction of sp³-hybridized carbons (Fsp3) is 0.316. The van der Waals surface area contributed by atoms with Gasteiger partial charge < -0.3 is 9.88 Å². The average molecular weight is 399 g/mol. The molecule has 28 heavy (non-hydrogen) atoms. The zero-order chi connectivity index (χ0) is 19.9. The molecule has 0 spiro atoms. The summed E-state index contributed by atoms with van der Waals surface area (Å²) in [5.41, 5.74) is 3.69. The van der Waals surface area contributed by atoms with Crippen molar-refractivity contribution in [1.82, 2.24) is 24.6 Å². The van der Waals surface area contributed by atoms with E-state index in [4.69, 9.17) is 0 Å². The predicted molar refractivity (Wildman–Crippen MR) is 102 cm³/mol. The molecule has 0 bridgehead atoms. The lowest BCUT2D eigenvalue weighted by Gasteiger charge is -2.31. The molecule has 2 aromatic heterocycles. The molecular weight excluding hydrogens is 378 g/mol. The Bertz CT molecular complexity index is 1110. The van der Waals surface area contributed by atoms with Crippen LogP contribution in [0, 0.1) is 0 Å². The van der Waals surface area contributed by atoms with Gasteiger partial charge >= 0.3 is 0 Å². The van der Waals surface area contributed by atoms with Crippen molar-refractivity contribution in [2.75, 3.05) is 12.8 Å². The number of carbonyl (C=O) groups is 1. The van der Waals surface area contributed by atoms with Crippen LogP contribution in [0.25, 0.3) is 0 Å². The van der Waals surface area contributed by atoms with Gasteiger partial charge in [0.1, 0.15) is 0 Å².